The molecule has 0 amide bonds. The van der Waals surface area contributed by atoms with Crippen LogP contribution in [-0.2, 0) is 9.53 Å². The minimum atomic E-state index is -0.763. The molecule has 0 radical (unpaired) electrons. The summed E-state index contributed by atoms with van der Waals surface area (Å²) in [6.45, 7) is 1.29. The van der Waals surface area contributed by atoms with Gasteiger partial charge < -0.3 is 4.74 Å². The molecule has 0 fully saturated rings. The maximum absolute atomic E-state index is 10.9. The molecule has 0 spiro atoms. The van der Waals surface area contributed by atoms with E-state index in [1.165, 1.54) is 14.0 Å². The molecule has 0 bridgehead atoms. The van der Waals surface area contributed by atoms with Gasteiger partial charge in [0, 0.05) is 19.5 Å². The van der Waals surface area contributed by atoms with Gasteiger partial charge in [-0.25, -0.2) is 5.01 Å². The highest BCUT2D eigenvalue weighted by molar-refractivity contribution is 5.66. The first-order valence-electron chi connectivity index (χ1n) is 4.43. The van der Waals surface area contributed by atoms with Crippen molar-refractivity contribution in [1.82, 2.24) is 5.01 Å². The van der Waals surface area contributed by atoms with Gasteiger partial charge in [0.05, 0.1) is 5.29 Å². The molecule has 1 aromatic rings. The highest BCUT2D eigenvalue weighted by atomic mass is 16.6. The summed E-state index contributed by atoms with van der Waals surface area (Å²) >= 11 is 0. The lowest BCUT2D eigenvalue weighted by Gasteiger charge is -2.22. The summed E-state index contributed by atoms with van der Waals surface area (Å²) in [7, 11) is 1.45. The third-order valence-electron chi connectivity index (χ3n) is 1.83. The molecule has 1 unspecified atom stereocenters. The zero-order chi connectivity index (χ0) is 11.3. The van der Waals surface area contributed by atoms with Crippen LogP contribution >= 0.6 is 0 Å². The van der Waals surface area contributed by atoms with Crippen molar-refractivity contribution in [3.63, 3.8) is 0 Å². The quantitative estimate of drug-likeness (QED) is 0.328. The normalized spacial score (nSPS) is 11.6. The molecule has 80 valence electrons. The molecule has 5 nitrogen and oxygen atoms in total. The number of hydrogen-bond donors (Lipinski definition) is 0. The van der Waals surface area contributed by atoms with Crippen molar-refractivity contribution in [2.24, 2.45) is 5.29 Å². The van der Waals surface area contributed by atoms with Crippen LogP contribution in [0.2, 0.25) is 0 Å². The maximum atomic E-state index is 10.9. The average molecular weight is 208 g/mol. The Hall–Kier alpha value is -1.91. The number of benzene rings is 1. The summed E-state index contributed by atoms with van der Waals surface area (Å²) < 4.78 is 4.98. The lowest BCUT2D eigenvalue weighted by Crippen LogP contribution is -2.23. The van der Waals surface area contributed by atoms with Gasteiger partial charge in [0.15, 0.2) is 0 Å². The molecule has 0 aliphatic carbocycles. The monoisotopic (exact) mass is 208 g/mol. The number of rotatable bonds is 4. The first-order valence-corrected chi connectivity index (χ1v) is 4.43. The van der Waals surface area contributed by atoms with E-state index in [-0.39, 0.29) is 0 Å². The van der Waals surface area contributed by atoms with Crippen LogP contribution in [0.3, 0.4) is 0 Å². The summed E-state index contributed by atoms with van der Waals surface area (Å²) in [6, 6.07) is 8.95. The molecule has 0 heterocycles. The van der Waals surface area contributed by atoms with Crippen LogP contribution in [0.25, 0.3) is 0 Å². The first kappa shape index (κ1) is 11.2. The Kier molecular flexibility index (Phi) is 3.79. The predicted molar refractivity (Wildman–Crippen MR) is 54.5 cm³/mol. The van der Waals surface area contributed by atoms with Crippen LogP contribution in [0.15, 0.2) is 35.6 Å². The second-order valence-corrected chi connectivity index (χ2v) is 3.03. The van der Waals surface area contributed by atoms with Gasteiger partial charge in [0.25, 0.3) is 0 Å². The molecule has 0 saturated carbocycles. The van der Waals surface area contributed by atoms with Crippen molar-refractivity contribution in [1.29, 1.82) is 0 Å². The van der Waals surface area contributed by atoms with Gasteiger partial charge in [0.1, 0.15) is 0 Å². The first-order chi connectivity index (χ1) is 7.15. The highest BCUT2D eigenvalue weighted by Gasteiger charge is 2.19. The minimum Gasteiger partial charge on any atom is -0.436 e. The number of hydrogen-bond acceptors (Lipinski definition) is 4. The number of carbonyl (C=O) groups is 1. The summed E-state index contributed by atoms with van der Waals surface area (Å²) in [6.07, 6.45) is -0.763. The fourth-order valence-corrected chi connectivity index (χ4v) is 1.18. The Balaban J connectivity index is 2.90. The van der Waals surface area contributed by atoms with Crippen molar-refractivity contribution >= 4 is 5.97 Å². The van der Waals surface area contributed by atoms with E-state index in [1.807, 2.05) is 6.07 Å². The van der Waals surface area contributed by atoms with Crippen molar-refractivity contribution < 1.29 is 9.53 Å². The van der Waals surface area contributed by atoms with Crippen LogP contribution in [-0.4, -0.2) is 18.0 Å². The van der Waals surface area contributed by atoms with Crippen molar-refractivity contribution in [3.8, 4) is 0 Å². The molecule has 0 aliphatic heterocycles. The summed E-state index contributed by atoms with van der Waals surface area (Å²) in [4.78, 5) is 21.2. The largest absolute Gasteiger partial charge is 0.436 e. The van der Waals surface area contributed by atoms with Gasteiger partial charge in [-0.2, -0.15) is 0 Å². The van der Waals surface area contributed by atoms with Crippen LogP contribution in [0.4, 0.5) is 0 Å². The van der Waals surface area contributed by atoms with Gasteiger partial charge in [-0.05, 0) is 0 Å². The van der Waals surface area contributed by atoms with E-state index in [0.717, 1.165) is 5.01 Å². The van der Waals surface area contributed by atoms with Crippen LogP contribution in [0, 0.1) is 4.91 Å². The molecular weight excluding hydrogens is 196 g/mol. The molecule has 0 aromatic heterocycles. The van der Waals surface area contributed by atoms with Crippen molar-refractivity contribution in [3.05, 3.63) is 40.8 Å². The van der Waals surface area contributed by atoms with Gasteiger partial charge in [0.2, 0.25) is 6.23 Å². The predicted octanol–water partition coefficient (Wildman–Crippen LogP) is 1.86. The zero-order valence-electron chi connectivity index (χ0n) is 8.58. The second-order valence-electron chi connectivity index (χ2n) is 3.03. The third kappa shape index (κ3) is 3.05. The Bertz CT molecular complexity index is 340. The summed E-state index contributed by atoms with van der Waals surface area (Å²) in [5.74, 6) is -0.459. The smallest absolute Gasteiger partial charge is 0.304 e. The van der Waals surface area contributed by atoms with Gasteiger partial charge in [-0.1, -0.05) is 30.3 Å². The molecule has 1 rings (SSSR count). The Morgan fingerprint density at radius 2 is 2.00 bits per heavy atom. The summed E-state index contributed by atoms with van der Waals surface area (Å²) in [5.41, 5.74) is 0.704. The molecular formula is C10H12N2O3. The SMILES string of the molecule is CC(=O)OC(c1ccccc1)N(C)N=O. The Morgan fingerprint density at radius 1 is 1.40 bits per heavy atom. The Morgan fingerprint density at radius 3 is 2.47 bits per heavy atom. The molecule has 1 aromatic carbocycles. The average Bonchev–Trinajstić information content (AvgIpc) is 2.26. The van der Waals surface area contributed by atoms with Crippen LogP contribution in [0.1, 0.15) is 18.7 Å². The fourth-order valence-electron chi connectivity index (χ4n) is 1.18. The second kappa shape index (κ2) is 5.09. The van der Waals surface area contributed by atoms with Crippen molar-refractivity contribution in [2.45, 2.75) is 13.2 Å². The van der Waals surface area contributed by atoms with E-state index in [1.54, 1.807) is 24.3 Å². The van der Waals surface area contributed by atoms with Crippen molar-refractivity contribution in [2.75, 3.05) is 7.05 Å². The Labute approximate surface area is 87.6 Å². The molecule has 0 saturated heterocycles. The number of nitrogens with zero attached hydrogens (tertiary/aromatic N) is 2. The topological polar surface area (TPSA) is 59.0 Å². The fraction of sp³-hybridized carbons (Fsp3) is 0.300. The highest BCUT2D eigenvalue weighted by Crippen LogP contribution is 2.20. The molecule has 5 heteroatoms. The molecule has 0 N–H and O–H groups in total. The van der Waals surface area contributed by atoms with E-state index in [0.29, 0.717) is 5.56 Å². The van der Waals surface area contributed by atoms with Gasteiger partial charge >= 0.3 is 5.97 Å². The van der Waals surface area contributed by atoms with Crippen LogP contribution < -0.4 is 0 Å². The number of ether oxygens (including phenoxy) is 1. The molecule has 15 heavy (non-hydrogen) atoms. The number of nitroso groups, excluding NO2 is 1. The zero-order valence-corrected chi connectivity index (χ0v) is 8.58. The molecule has 0 aliphatic rings. The lowest BCUT2D eigenvalue weighted by atomic mass is 10.2. The minimum absolute atomic E-state index is 0.459. The number of carbonyl (C=O) groups excluding carboxylic acids is 1. The van der Waals surface area contributed by atoms with Crippen LogP contribution in [0.5, 0.6) is 0 Å². The third-order valence-corrected chi connectivity index (χ3v) is 1.83. The van der Waals surface area contributed by atoms with E-state index in [4.69, 9.17) is 4.74 Å². The standard InChI is InChI=1S/C10H12N2O3/c1-8(13)15-10(12(2)11-14)9-6-4-3-5-7-9/h3-7,10H,1-2H3. The maximum Gasteiger partial charge on any atom is 0.304 e. The van der Waals surface area contributed by atoms with Gasteiger partial charge in [-0.3, -0.25) is 4.79 Å². The summed E-state index contributed by atoms with van der Waals surface area (Å²) in [5, 5.41) is 3.78. The number of esters is 1. The lowest BCUT2D eigenvalue weighted by molar-refractivity contribution is -0.156. The molecule has 1 atom stereocenters. The van der Waals surface area contributed by atoms with E-state index >= 15 is 0 Å². The van der Waals surface area contributed by atoms with E-state index < -0.39 is 12.2 Å². The van der Waals surface area contributed by atoms with E-state index in [2.05, 4.69) is 5.29 Å². The van der Waals surface area contributed by atoms with E-state index in [9.17, 15) is 9.70 Å². The van der Waals surface area contributed by atoms with Gasteiger partial charge in [-0.15, -0.1) is 4.91 Å².